The van der Waals surface area contributed by atoms with E-state index in [1.165, 1.54) is 12.4 Å². The van der Waals surface area contributed by atoms with Crippen LogP contribution < -0.4 is 5.48 Å². The zero-order valence-corrected chi connectivity index (χ0v) is 16.3. The largest absolute Gasteiger partial charge is 0.392 e. The number of rotatable bonds is 9. The van der Waals surface area contributed by atoms with Crippen LogP contribution in [0, 0.1) is 0 Å². The minimum Gasteiger partial charge on any atom is -0.392 e. The Labute approximate surface area is 158 Å². The number of aryl methyl sites for hydroxylation is 1. The molecule has 2 rings (SSSR count). The molecule has 0 aromatic heterocycles. The molecule has 1 aromatic rings. The van der Waals surface area contributed by atoms with Crippen molar-refractivity contribution in [2.75, 3.05) is 12.9 Å². The summed E-state index contributed by atoms with van der Waals surface area (Å²) in [6.07, 6.45) is 2.71. The van der Waals surface area contributed by atoms with Gasteiger partial charge in [0, 0.05) is 19.1 Å². The summed E-state index contributed by atoms with van der Waals surface area (Å²) in [7, 11) is -3.79. The third-order valence-corrected chi connectivity index (χ3v) is 6.88. The first-order valence-electron chi connectivity index (χ1n) is 8.73. The van der Waals surface area contributed by atoms with E-state index >= 15 is 0 Å². The van der Waals surface area contributed by atoms with Gasteiger partial charge in [0.25, 0.3) is 5.91 Å². The van der Waals surface area contributed by atoms with Crippen molar-refractivity contribution in [3.05, 3.63) is 35.4 Å². The van der Waals surface area contributed by atoms with E-state index in [0.717, 1.165) is 30.2 Å². The Morgan fingerprint density at radius 2 is 2.04 bits per heavy atom. The highest BCUT2D eigenvalue weighted by molar-refractivity contribution is 7.92. The molecule has 7 nitrogen and oxygen atoms in total. The lowest BCUT2D eigenvalue weighted by atomic mass is 9.96. The molecule has 1 aliphatic heterocycles. The van der Waals surface area contributed by atoms with Crippen molar-refractivity contribution in [1.82, 2.24) is 5.48 Å². The number of sulfone groups is 1. The van der Waals surface area contributed by atoms with E-state index in [-0.39, 0.29) is 13.1 Å². The first-order valence-corrected chi connectivity index (χ1v) is 10.6. The van der Waals surface area contributed by atoms with Crippen molar-refractivity contribution in [1.29, 1.82) is 0 Å². The second-order valence-corrected chi connectivity index (χ2v) is 9.41. The molecule has 27 heavy (non-hydrogen) atoms. The summed E-state index contributed by atoms with van der Waals surface area (Å²) in [5.41, 5.74) is 4.04. The highest BCUT2D eigenvalue weighted by atomic mass is 32.2. The molecule has 1 heterocycles. The molecule has 1 aromatic carbocycles. The molecular formula is C18H25FN2O5S. The number of oxime groups is 1. The summed E-state index contributed by atoms with van der Waals surface area (Å²) >= 11 is 0. The van der Waals surface area contributed by atoms with Crippen molar-refractivity contribution in [2.24, 2.45) is 5.16 Å². The van der Waals surface area contributed by atoms with Gasteiger partial charge in [-0.25, -0.2) is 13.9 Å². The minimum absolute atomic E-state index is 0.132. The summed E-state index contributed by atoms with van der Waals surface area (Å²) in [5, 5.41) is 12.9. The number of nitrogens with zero attached hydrogens (tertiary/aromatic N) is 1. The van der Waals surface area contributed by atoms with Crippen LogP contribution in [0.25, 0.3) is 0 Å². The first-order chi connectivity index (χ1) is 12.7. The van der Waals surface area contributed by atoms with Crippen LogP contribution in [0.15, 0.2) is 29.4 Å². The number of halogens is 1. The average Bonchev–Trinajstić information content (AvgIpc) is 3.09. The molecule has 0 fully saturated rings. The lowest BCUT2D eigenvalue weighted by molar-refractivity contribution is -0.132. The third kappa shape index (κ3) is 5.04. The number of nitrogens with one attached hydrogen (secondary N) is 1. The molecule has 0 aliphatic carbocycles. The summed E-state index contributed by atoms with van der Waals surface area (Å²) in [5.74, 6) is -1.00. The van der Waals surface area contributed by atoms with E-state index in [4.69, 9.17) is 10.0 Å². The molecule has 0 saturated heterocycles. The van der Waals surface area contributed by atoms with Crippen molar-refractivity contribution < 1.29 is 27.6 Å². The topological polar surface area (TPSA) is 105 Å². The first kappa shape index (κ1) is 21.3. The van der Waals surface area contributed by atoms with E-state index in [2.05, 4.69) is 5.16 Å². The molecule has 2 N–H and O–H groups in total. The fourth-order valence-electron chi connectivity index (χ4n) is 2.96. The van der Waals surface area contributed by atoms with Gasteiger partial charge in [-0.05, 0) is 37.3 Å². The van der Waals surface area contributed by atoms with E-state index in [1.807, 2.05) is 24.3 Å². The van der Waals surface area contributed by atoms with Gasteiger partial charge in [0.15, 0.2) is 14.6 Å². The maximum absolute atomic E-state index is 12.2. The Hall–Kier alpha value is -2.00. The van der Waals surface area contributed by atoms with Gasteiger partial charge in [-0.1, -0.05) is 29.4 Å². The number of amides is 1. The molecule has 9 heteroatoms. The standard InChI is InChI=1S/C18H25FN2O5S/c1-18(17(22)20-23,27(2,24)25)12-15-11-16(21-26-15)14-8-6-13(7-9-14)5-3-4-10-19/h6-9,15,23H,3-5,10-12H2,1-2H3,(H,20,22). The van der Waals surface area contributed by atoms with Gasteiger partial charge in [0.2, 0.25) is 0 Å². The van der Waals surface area contributed by atoms with E-state index in [1.54, 1.807) is 0 Å². The van der Waals surface area contributed by atoms with Crippen molar-refractivity contribution in [3.63, 3.8) is 0 Å². The molecule has 1 aliphatic rings. The summed E-state index contributed by atoms with van der Waals surface area (Å²) in [4.78, 5) is 17.2. The number of hydroxylamine groups is 1. The fourth-order valence-corrected chi connectivity index (χ4v) is 3.83. The number of carbonyl (C=O) groups excluding carboxylic acids is 1. The van der Waals surface area contributed by atoms with E-state index in [9.17, 15) is 17.6 Å². The van der Waals surface area contributed by atoms with Gasteiger partial charge in [-0.2, -0.15) is 0 Å². The molecular weight excluding hydrogens is 375 g/mol. The maximum atomic E-state index is 12.2. The number of alkyl halides is 1. The molecule has 0 bridgehead atoms. The molecule has 0 spiro atoms. The molecule has 0 radical (unpaired) electrons. The van der Waals surface area contributed by atoms with Crippen LogP contribution in [-0.2, 0) is 25.9 Å². The highest BCUT2D eigenvalue weighted by Crippen LogP contribution is 2.29. The number of hydrogen-bond donors (Lipinski definition) is 2. The van der Waals surface area contributed by atoms with E-state index < -0.39 is 26.6 Å². The fraction of sp³-hybridized carbons (Fsp3) is 0.556. The van der Waals surface area contributed by atoms with Crippen molar-refractivity contribution >= 4 is 21.5 Å². The van der Waals surface area contributed by atoms with Crippen LogP contribution in [0.2, 0.25) is 0 Å². The zero-order valence-electron chi connectivity index (χ0n) is 15.4. The normalized spacial score (nSPS) is 19.1. The number of benzene rings is 1. The SMILES string of the molecule is CC(CC1CC(c2ccc(CCCCF)cc2)=NO1)(C(=O)NO)S(C)(=O)=O. The third-order valence-electron chi connectivity index (χ3n) is 4.89. The second-order valence-electron chi connectivity index (χ2n) is 6.96. The zero-order chi connectivity index (χ0) is 20.1. The lowest BCUT2D eigenvalue weighted by Gasteiger charge is -2.26. The quantitative estimate of drug-likeness (QED) is 0.375. The van der Waals surface area contributed by atoms with E-state index in [0.29, 0.717) is 18.6 Å². The maximum Gasteiger partial charge on any atom is 0.264 e. The second kappa shape index (κ2) is 8.79. The van der Waals surface area contributed by atoms with Gasteiger partial charge < -0.3 is 4.84 Å². The Balaban J connectivity index is 2.02. The number of carbonyl (C=O) groups is 1. The van der Waals surface area contributed by atoms with Crippen molar-refractivity contribution in [3.8, 4) is 0 Å². The van der Waals surface area contributed by atoms with Gasteiger partial charge in [0.1, 0.15) is 6.10 Å². The Morgan fingerprint density at radius 3 is 2.59 bits per heavy atom. The van der Waals surface area contributed by atoms with Crippen LogP contribution in [0.3, 0.4) is 0 Å². The average molecular weight is 400 g/mol. The lowest BCUT2D eigenvalue weighted by Crippen LogP contribution is -2.51. The highest BCUT2D eigenvalue weighted by Gasteiger charge is 2.47. The van der Waals surface area contributed by atoms with Crippen LogP contribution in [-0.4, -0.2) is 49.0 Å². The van der Waals surface area contributed by atoms with Gasteiger partial charge in [-0.3, -0.25) is 14.4 Å². The van der Waals surface area contributed by atoms with Crippen LogP contribution >= 0.6 is 0 Å². The molecule has 0 saturated carbocycles. The van der Waals surface area contributed by atoms with Gasteiger partial charge in [0.05, 0.1) is 12.4 Å². The Bertz CT molecular complexity index is 794. The Morgan fingerprint density at radius 1 is 1.37 bits per heavy atom. The number of unbranched alkanes of at least 4 members (excludes halogenated alkanes) is 1. The predicted molar refractivity (Wildman–Crippen MR) is 99.2 cm³/mol. The molecule has 2 atom stereocenters. The molecule has 2 unspecified atom stereocenters. The Kier molecular flexibility index (Phi) is 6.94. The van der Waals surface area contributed by atoms with Crippen LogP contribution in [0.4, 0.5) is 4.39 Å². The van der Waals surface area contributed by atoms with Crippen LogP contribution in [0.1, 0.15) is 43.7 Å². The monoisotopic (exact) mass is 400 g/mol. The van der Waals surface area contributed by atoms with Gasteiger partial charge >= 0.3 is 0 Å². The predicted octanol–water partition coefficient (Wildman–Crippen LogP) is 2.17. The minimum atomic E-state index is -3.79. The smallest absolute Gasteiger partial charge is 0.264 e. The van der Waals surface area contributed by atoms with Crippen molar-refractivity contribution in [2.45, 2.75) is 49.9 Å². The summed E-state index contributed by atoms with van der Waals surface area (Å²) < 4.78 is 34.4. The summed E-state index contributed by atoms with van der Waals surface area (Å²) in [6, 6.07) is 7.68. The van der Waals surface area contributed by atoms with Crippen LogP contribution in [0.5, 0.6) is 0 Å². The number of hydrogen-bond acceptors (Lipinski definition) is 6. The molecule has 150 valence electrons. The molecule has 1 amide bonds. The van der Waals surface area contributed by atoms with Gasteiger partial charge in [-0.15, -0.1) is 0 Å². The summed E-state index contributed by atoms with van der Waals surface area (Å²) in [6.45, 7) is 0.940.